The molecule has 6 rings (SSSR count). The topological polar surface area (TPSA) is 121 Å². The van der Waals surface area contributed by atoms with E-state index in [9.17, 15) is 0 Å². The van der Waals surface area contributed by atoms with Crippen molar-refractivity contribution in [3.63, 3.8) is 0 Å². The van der Waals surface area contributed by atoms with Crippen LogP contribution in [-0.4, -0.2) is 70.2 Å². The summed E-state index contributed by atoms with van der Waals surface area (Å²) in [6, 6.07) is 0. The summed E-state index contributed by atoms with van der Waals surface area (Å²) in [5.41, 5.74) is 3.91. The Morgan fingerprint density at radius 2 is 1.14 bits per heavy atom. The zero-order valence-electron chi connectivity index (χ0n) is 39.5. The first kappa shape index (κ1) is 56.5. The predicted molar refractivity (Wildman–Crippen MR) is 242 cm³/mol. The summed E-state index contributed by atoms with van der Waals surface area (Å²) in [6.45, 7) is 49.5. The minimum absolute atomic E-state index is 0.0170. The number of allylic oxidation sites excluding steroid dienone is 1. The van der Waals surface area contributed by atoms with Crippen molar-refractivity contribution >= 4 is 32.6 Å². The van der Waals surface area contributed by atoms with E-state index in [1.807, 2.05) is 83.5 Å². The number of hydrogen-bond donors (Lipinski definition) is 2. The molecule has 2 aliphatic heterocycles. The number of H-pyrrole nitrogens is 1. The molecule has 4 aromatic rings. The molecule has 0 unspecified atom stereocenters. The second kappa shape index (κ2) is 26.5. The summed E-state index contributed by atoms with van der Waals surface area (Å²) in [7, 11) is 0. The Hall–Kier alpha value is -3.62. The van der Waals surface area contributed by atoms with Crippen LogP contribution in [0.3, 0.4) is 0 Å². The fourth-order valence-electron chi connectivity index (χ4n) is 4.71. The number of rotatable bonds is 0. The molecule has 0 aliphatic carbocycles. The van der Waals surface area contributed by atoms with Crippen molar-refractivity contribution in [2.45, 2.75) is 161 Å². The van der Waals surface area contributed by atoms with Crippen LogP contribution < -0.4 is 5.32 Å². The third-order valence-electron chi connectivity index (χ3n) is 7.20. The van der Waals surface area contributed by atoms with Crippen LogP contribution in [-0.2, 0) is 49.8 Å². The van der Waals surface area contributed by atoms with E-state index in [4.69, 9.17) is 0 Å². The molecule has 14 heteroatoms. The number of hydrogen-bond acceptors (Lipinski definition) is 9. The number of imidazole rings is 2. The van der Waals surface area contributed by atoms with E-state index in [1.54, 1.807) is 31.4 Å². The standard InChI is InChI=1S/2C9H12N4.2C9H14N2.4C2H6.2W/c2*1-9(2,3)13-6-12-7-4-10-5-11-8(7)13;2*1-8-10-6-5-7-11(8)9(2,3)4;4*1-2;;/h5-6H,1-3H3,(H,10,11);4-6H,1-3H3;5,7,10H,1H2,2-4H3;5-7H,1H2,2-4H3;4*1-2H3;;. The van der Waals surface area contributed by atoms with Gasteiger partial charge in [0.2, 0.25) is 0 Å². The Bertz CT molecular complexity index is 1970. The van der Waals surface area contributed by atoms with E-state index in [-0.39, 0.29) is 22.2 Å². The predicted octanol–water partition coefficient (Wildman–Crippen LogP) is 10.8. The zero-order chi connectivity index (χ0) is 45.7. The van der Waals surface area contributed by atoms with Crippen molar-refractivity contribution in [1.29, 1.82) is 0 Å². The Labute approximate surface area is 373 Å². The monoisotopic (exact) mass is 1140 g/mol. The molecule has 324 valence electrons. The van der Waals surface area contributed by atoms with Crippen LogP contribution in [0.2, 0.25) is 0 Å². The van der Waals surface area contributed by atoms with Crippen LogP contribution in [0, 0.1) is 3.67 Å². The molecule has 2 N–H and O–H groups in total. The Balaban J connectivity index is 0. The van der Waals surface area contributed by atoms with E-state index in [1.165, 1.54) is 42.7 Å². The molecule has 6 heterocycles. The maximum Gasteiger partial charge on any atom is 0.163 e. The molecule has 0 saturated carbocycles. The van der Waals surface area contributed by atoms with Crippen LogP contribution in [0.1, 0.15) is 138 Å². The normalized spacial score (nSPS) is 13.2. The van der Waals surface area contributed by atoms with Crippen LogP contribution in [0.15, 0.2) is 85.9 Å². The van der Waals surface area contributed by atoms with Crippen molar-refractivity contribution in [1.82, 2.24) is 54.2 Å². The number of aromatic amines is 1. The van der Waals surface area contributed by atoms with Crippen LogP contribution in [0.5, 0.6) is 0 Å². The molecular weight excluding hydrogens is 1060 g/mol. The van der Waals surface area contributed by atoms with Gasteiger partial charge < -0.3 is 9.47 Å². The Kier molecular flexibility index (Phi) is 25.8. The number of fused-ring (bicyclic) bond motifs is 2. The Morgan fingerprint density at radius 3 is 1.60 bits per heavy atom. The molecule has 0 aromatic carbocycles. The average Bonchev–Trinajstić information content (AvgIpc) is 3.82. The molecule has 58 heavy (non-hydrogen) atoms. The van der Waals surface area contributed by atoms with Gasteiger partial charge in [-0.2, -0.15) is 0 Å². The summed E-state index contributed by atoms with van der Waals surface area (Å²) >= 11 is 2.82. The van der Waals surface area contributed by atoms with Gasteiger partial charge in [0, 0.05) is 23.5 Å². The van der Waals surface area contributed by atoms with E-state index in [0.717, 1.165) is 37.6 Å². The summed E-state index contributed by atoms with van der Waals surface area (Å²) in [5, 5.41) is 3.23. The smallest absolute Gasteiger partial charge is 0.163 e. The van der Waals surface area contributed by atoms with E-state index >= 15 is 0 Å². The van der Waals surface area contributed by atoms with Gasteiger partial charge in [-0.15, -0.1) is 0 Å². The fraction of sp³-hybridized carbons (Fsp3) is 0.545. The Morgan fingerprint density at radius 1 is 0.621 bits per heavy atom. The van der Waals surface area contributed by atoms with Gasteiger partial charge in [0.25, 0.3) is 0 Å². The third kappa shape index (κ3) is 18.1. The number of aromatic nitrogens is 8. The minimum Gasteiger partial charge on any atom is -0.310 e. The second-order valence-corrected chi connectivity index (χ2v) is 18.6. The maximum absolute atomic E-state index is 4.37. The molecule has 0 amide bonds. The van der Waals surface area contributed by atoms with Gasteiger partial charge in [0.05, 0.1) is 12.5 Å². The van der Waals surface area contributed by atoms with Gasteiger partial charge in [-0.25, -0.2) is 19.9 Å². The summed E-state index contributed by atoms with van der Waals surface area (Å²) in [4.78, 5) is 32.4. The summed E-state index contributed by atoms with van der Waals surface area (Å²) in [6.07, 6.45) is 18.5. The van der Waals surface area contributed by atoms with Crippen LogP contribution in [0.4, 0.5) is 0 Å². The molecule has 0 bridgehead atoms. The first-order valence-corrected chi connectivity index (χ1v) is 23.2. The van der Waals surface area contributed by atoms with Gasteiger partial charge in [-0.1, -0.05) is 62.0 Å². The van der Waals surface area contributed by atoms with E-state index < -0.39 is 0 Å². The van der Waals surface area contributed by atoms with Gasteiger partial charge >= 0.3 is 177 Å². The molecule has 0 atom stereocenters. The first-order valence-electron chi connectivity index (χ1n) is 20.2. The molecule has 0 fully saturated rings. The van der Waals surface area contributed by atoms with Crippen molar-refractivity contribution in [2.24, 2.45) is 4.99 Å². The molecule has 0 spiro atoms. The van der Waals surface area contributed by atoms with Crippen molar-refractivity contribution < 1.29 is 38.7 Å². The van der Waals surface area contributed by atoms with Crippen molar-refractivity contribution in [3.8, 4) is 0 Å². The summed E-state index contributed by atoms with van der Waals surface area (Å²) in [5.74, 6) is 1.77. The largest absolute Gasteiger partial charge is 0.310 e. The number of aliphatic imine (C=N–C) groups is 1. The van der Waals surface area contributed by atoms with Crippen molar-refractivity contribution in [2.75, 3.05) is 0 Å². The van der Waals surface area contributed by atoms with Crippen LogP contribution in [0.25, 0.3) is 22.3 Å². The summed E-state index contributed by atoms with van der Waals surface area (Å²) < 4.78 is 6.51. The number of nitrogens with zero attached hydrogens (tertiary/aromatic N) is 10. The maximum atomic E-state index is 4.37. The molecule has 12 nitrogen and oxygen atoms in total. The SMILES string of the molecule is C=C1N=CC=CN1C(C)(C)C.C=C1N[C](=[W])C=CN1C(C)(C)C.CC.CC.CC.CC.CC(C)(C)n1cnc2[c](=[W])[nH]cnc21.CC(C)(C)n1cnc2cncnc21. The van der Waals surface area contributed by atoms with Crippen molar-refractivity contribution in [3.05, 3.63) is 84.5 Å². The molecular formula is C44H76N12W2. The van der Waals surface area contributed by atoms with Gasteiger partial charge in [-0.05, 0) is 47.6 Å². The molecule has 2 aliphatic rings. The average molecular weight is 1140 g/mol. The number of nitrogens with one attached hydrogen (secondary N) is 2. The van der Waals surface area contributed by atoms with E-state index in [0.29, 0.717) is 0 Å². The fourth-order valence-corrected chi connectivity index (χ4v) is 6.06. The quantitative estimate of drug-likeness (QED) is 0.179. The molecule has 0 radical (unpaired) electrons. The van der Waals surface area contributed by atoms with Gasteiger partial charge in [0.15, 0.2) is 5.65 Å². The third-order valence-corrected chi connectivity index (χ3v) is 9.17. The first-order chi connectivity index (χ1) is 27.0. The molecule has 4 aromatic heterocycles. The molecule has 0 saturated heterocycles. The van der Waals surface area contributed by atoms with E-state index in [2.05, 4.69) is 158 Å². The second-order valence-electron chi connectivity index (χ2n) is 15.6. The zero-order valence-corrected chi connectivity index (χ0v) is 45.3. The van der Waals surface area contributed by atoms with Gasteiger partial charge in [0.1, 0.15) is 17.7 Å². The minimum atomic E-state index is 0.0170. The van der Waals surface area contributed by atoms with Crippen LogP contribution >= 0.6 is 0 Å². The van der Waals surface area contributed by atoms with Gasteiger partial charge in [-0.3, -0.25) is 0 Å².